The van der Waals surface area contributed by atoms with Crippen molar-refractivity contribution in [3.63, 3.8) is 0 Å². The highest BCUT2D eigenvalue weighted by Crippen LogP contribution is 2.26. The van der Waals surface area contributed by atoms with Gasteiger partial charge in [-0.2, -0.15) is 0 Å². The lowest BCUT2D eigenvalue weighted by atomic mass is 10.1. The van der Waals surface area contributed by atoms with Gasteiger partial charge in [0.15, 0.2) is 0 Å². The molecule has 6 heteroatoms. The predicted molar refractivity (Wildman–Crippen MR) is 92.0 cm³/mol. The minimum atomic E-state index is -0.112. The first kappa shape index (κ1) is 16.2. The minimum absolute atomic E-state index is 0.112. The van der Waals surface area contributed by atoms with Crippen LogP contribution in [0.25, 0.3) is 11.5 Å². The van der Waals surface area contributed by atoms with Gasteiger partial charge in [-0.15, -0.1) is 10.2 Å². The summed E-state index contributed by atoms with van der Waals surface area (Å²) in [6, 6.07) is 14.7. The Hall–Kier alpha value is -2.66. The number of nitrogens with one attached hydrogen (secondary N) is 1. The zero-order chi connectivity index (χ0) is 16.9. The number of aromatic nitrogens is 2. The summed E-state index contributed by atoms with van der Waals surface area (Å²) in [5, 5.41) is 11.4. The summed E-state index contributed by atoms with van der Waals surface area (Å²) in [5.41, 5.74) is 2.30. The summed E-state index contributed by atoms with van der Waals surface area (Å²) >= 11 is 6.11. The first-order chi connectivity index (χ1) is 11.6. The maximum atomic E-state index is 12.1. The molecule has 0 bridgehead atoms. The van der Waals surface area contributed by atoms with Gasteiger partial charge < -0.3 is 9.73 Å². The Balaban J connectivity index is 1.59. The summed E-state index contributed by atoms with van der Waals surface area (Å²) in [5.74, 6) is 0.717. The fourth-order valence-corrected chi connectivity index (χ4v) is 2.52. The van der Waals surface area contributed by atoms with E-state index in [0.717, 1.165) is 5.56 Å². The number of halogens is 1. The van der Waals surface area contributed by atoms with Gasteiger partial charge in [-0.05, 0) is 30.7 Å². The summed E-state index contributed by atoms with van der Waals surface area (Å²) in [6.07, 6.45) is 0.453. The van der Waals surface area contributed by atoms with Crippen molar-refractivity contribution in [3.8, 4) is 11.5 Å². The van der Waals surface area contributed by atoms with Crippen molar-refractivity contribution in [1.82, 2.24) is 15.5 Å². The number of nitrogens with zero attached hydrogens (tertiary/aromatic N) is 2. The third-order valence-electron chi connectivity index (χ3n) is 3.59. The molecule has 3 rings (SSSR count). The van der Waals surface area contributed by atoms with Crippen LogP contribution in [0, 0.1) is 6.92 Å². The summed E-state index contributed by atoms with van der Waals surface area (Å²) in [6.45, 7) is 2.32. The zero-order valence-corrected chi connectivity index (χ0v) is 13.9. The van der Waals surface area contributed by atoms with Crippen LogP contribution in [0.2, 0.25) is 5.02 Å². The van der Waals surface area contributed by atoms with Crippen molar-refractivity contribution >= 4 is 17.5 Å². The molecule has 0 unspecified atom stereocenters. The molecule has 0 radical (unpaired) electrons. The number of aryl methyl sites for hydroxylation is 1. The van der Waals surface area contributed by atoms with E-state index in [0.29, 0.717) is 40.9 Å². The monoisotopic (exact) mass is 341 g/mol. The molecule has 0 aliphatic carbocycles. The highest BCUT2D eigenvalue weighted by atomic mass is 35.5. The van der Waals surface area contributed by atoms with Crippen molar-refractivity contribution in [2.24, 2.45) is 0 Å². The Labute approximate surface area is 144 Å². The number of rotatable bonds is 5. The molecule has 122 valence electrons. The first-order valence-corrected chi connectivity index (χ1v) is 7.94. The summed E-state index contributed by atoms with van der Waals surface area (Å²) in [4.78, 5) is 12.1. The Morgan fingerprint density at radius 1 is 1.12 bits per heavy atom. The van der Waals surface area contributed by atoms with Gasteiger partial charge in [0.05, 0.1) is 10.6 Å². The standard InChI is InChI=1S/C18H16ClN3O2/c1-12-6-2-3-7-13(12)17(23)20-11-10-16-21-22-18(24-16)14-8-4-5-9-15(14)19/h2-9H,10-11H2,1H3,(H,20,23). The number of benzene rings is 2. The first-order valence-electron chi connectivity index (χ1n) is 7.56. The van der Waals surface area contributed by atoms with Gasteiger partial charge in [-0.1, -0.05) is 41.9 Å². The maximum absolute atomic E-state index is 12.1. The van der Waals surface area contributed by atoms with Gasteiger partial charge in [-0.25, -0.2) is 0 Å². The molecule has 1 amide bonds. The molecule has 0 atom stereocenters. The van der Waals surface area contributed by atoms with E-state index < -0.39 is 0 Å². The van der Waals surface area contributed by atoms with Crippen LogP contribution < -0.4 is 5.32 Å². The average Bonchev–Trinajstić information content (AvgIpc) is 3.04. The van der Waals surface area contributed by atoms with Crippen LogP contribution in [0.4, 0.5) is 0 Å². The number of carbonyl (C=O) groups is 1. The Kier molecular flexibility index (Phi) is 4.91. The van der Waals surface area contributed by atoms with Crippen molar-refractivity contribution < 1.29 is 9.21 Å². The second kappa shape index (κ2) is 7.27. The Morgan fingerprint density at radius 2 is 1.88 bits per heavy atom. The molecule has 2 aromatic carbocycles. The molecule has 1 N–H and O–H groups in total. The second-order valence-corrected chi connectivity index (χ2v) is 5.71. The predicted octanol–water partition coefficient (Wildman–Crippen LogP) is 3.67. The van der Waals surface area contributed by atoms with E-state index in [4.69, 9.17) is 16.0 Å². The SMILES string of the molecule is Cc1ccccc1C(=O)NCCc1nnc(-c2ccccc2Cl)o1. The van der Waals surface area contributed by atoms with E-state index in [1.807, 2.05) is 43.3 Å². The van der Waals surface area contributed by atoms with E-state index in [1.165, 1.54) is 0 Å². The van der Waals surface area contributed by atoms with Crippen LogP contribution in [-0.4, -0.2) is 22.6 Å². The van der Waals surface area contributed by atoms with Crippen LogP contribution in [0.15, 0.2) is 52.9 Å². The molecule has 0 aliphatic rings. The van der Waals surface area contributed by atoms with Crippen LogP contribution >= 0.6 is 11.6 Å². The van der Waals surface area contributed by atoms with Gasteiger partial charge >= 0.3 is 0 Å². The zero-order valence-electron chi connectivity index (χ0n) is 13.1. The molecule has 0 aliphatic heterocycles. The summed E-state index contributed by atoms with van der Waals surface area (Å²) < 4.78 is 5.60. The second-order valence-electron chi connectivity index (χ2n) is 5.30. The minimum Gasteiger partial charge on any atom is -0.421 e. The number of carbonyl (C=O) groups excluding carboxylic acids is 1. The molecule has 0 spiro atoms. The van der Waals surface area contributed by atoms with Crippen molar-refractivity contribution in [2.45, 2.75) is 13.3 Å². The number of hydrogen-bond donors (Lipinski definition) is 1. The lowest BCUT2D eigenvalue weighted by Crippen LogP contribution is -2.26. The van der Waals surface area contributed by atoms with Crippen LogP contribution in [0.1, 0.15) is 21.8 Å². The quantitative estimate of drug-likeness (QED) is 0.768. The van der Waals surface area contributed by atoms with E-state index in [1.54, 1.807) is 12.1 Å². The lowest BCUT2D eigenvalue weighted by molar-refractivity contribution is 0.0953. The molecular formula is C18H16ClN3O2. The van der Waals surface area contributed by atoms with Crippen LogP contribution in [0.5, 0.6) is 0 Å². The average molecular weight is 342 g/mol. The van der Waals surface area contributed by atoms with Gasteiger partial charge in [-0.3, -0.25) is 4.79 Å². The van der Waals surface area contributed by atoms with Gasteiger partial charge in [0.2, 0.25) is 11.8 Å². The molecule has 1 aromatic heterocycles. The van der Waals surface area contributed by atoms with E-state index in [2.05, 4.69) is 15.5 Å². The molecule has 1 heterocycles. The van der Waals surface area contributed by atoms with Crippen molar-refractivity contribution in [2.75, 3.05) is 6.54 Å². The molecule has 0 saturated carbocycles. The fourth-order valence-electron chi connectivity index (χ4n) is 2.30. The van der Waals surface area contributed by atoms with E-state index in [9.17, 15) is 4.79 Å². The summed E-state index contributed by atoms with van der Waals surface area (Å²) in [7, 11) is 0. The maximum Gasteiger partial charge on any atom is 0.251 e. The van der Waals surface area contributed by atoms with Crippen LogP contribution in [-0.2, 0) is 6.42 Å². The highest BCUT2D eigenvalue weighted by molar-refractivity contribution is 6.33. The Bertz CT molecular complexity index is 861. The molecule has 0 fully saturated rings. The molecule has 24 heavy (non-hydrogen) atoms. The van der Waals surface area contributed by atoms with Crippen molar-refractivity contribution in [3.05, 3.63) is 70.6 Å². The van der Waals surface area contributed by atoms with Gasteiger partial charge in [0.25, 0.3) is 5.91 Å². The largest absolute Gasteiger partial charge is 0.421 e. The topological polar surface area (TPSA) is 68.0 Å². The van der Waals surface area contributed by atoms with Gasteiger partial charge in [0, 0.05) is 18.5 Å². The number of amides is 1. The Morgan fingerprint density at radius 3 is 2.67 bits per heavy atom. The van der Waals surface area contributed by atoms with Crippen molar-refractivity contribution in [1.29, 1.82) is 0 Å². The third kappa shape index (κ3) is 3.63. The molecular weight excluding hydrogens is 326 g/mol. The highest BCUT2D eigenvalue weighted by Gasteiger charge is 2.12. The normalized spacial score (nSPS) is 10.6. The molecule has 5 nitrogen and oxygen atoms in total. The lowest BCUT2D eigenvalue weighted by Gasteiger charge is -2.06. The molecule has 3 aromatic rings. The van der Waals surface area contributed by atoms with Gasteiger partial charge in [0.1, 0.15) is 0 Å². The fraction of sp³-hybridized carbons (Fsp3) is 0.167. The van der Waals surface area contributed by atoms with Crippen LogP contribution in [0.3, 0.4) is 0 Å². The van der Waals surface area contributed by atoms with E-state index >= 15 is 0 Å². The van der Waals surface area contributed by atoms with E-state index in [-0.39, 0.29) is 5.91 Å². The smallest absolute Gasteiger partial charge is 0.251 e. The number of hydrogen-bond acceptors (Lipinski definition) is 4. The molecule has 0 saturated heterocycles. The third-order valence-corrected chi connectivity index (χ3v) is 3.91.